The molecule has 0 atom stereocenters. The second-order valence-corrected chi connectivity index (χ2v) is 5.07. The first-order valence-corrected chi connectivity index (χ1v) is 6.47. The van der Waals surface area contributed by atoms with E-state index >= 15 is 0 Å². The van der Waals surface area contributed by atoms with Crippen LogP contribution in [0.3, 0.4) is 0 Å². The van der Waals surface area contributed by atoms with E-state index in [2.05, 4.69) is 35.3 Å². The molecule has 3 rings (SSSR count). The van der Waals surface area contributed by atoms with E-state index < -0.39 is 0 Å². The largest absolute Gasteiger partial charge is 0.280 e. The maximum absolute atomic E-state index is 8.94. The Balaban J connectivity index is 2.20. The van der Waals surface area contributed by atoms with Gasteiger partial charge in [0.2, 0.25) is 0 Å². The lowest BCUT2D eigenvalue weighted by molar-refractivity contribution is 1.12. The third kappa shape index (κ3) is 1.67. The van der Waals surface area contributed by atoms with Crippen LogP contribution in [0, 0.1) is 11.3 Å². The van der Waals surface area contributed by atoms with Gasteiger partial charge in [0, 0.05) is 11.1 Å². The maximum Gasteiger partial charge on any atom is 0.178 e. The number of fused-ring (bicyclic) bond motifs is 1. The monoisotopic (exact) mass is 254 g/mol. The highest BCUT2D eigenvalue weighted by Crippen LogP contribution is 2.27. The van der Waals surface area contributed by atoms with Crippen LogP contribution in [0.25, 0.3) is 16.3 Å². The summed E-state index contributed by atoms with van der Waals surface area (Å²) in [5, 5.41) is 17.3. The number of nitriles is 1. The fraction of sp³-hybridized carbons (Fsp3) is 0.154. The van der Waals surface area contributed by atoms with E-state index in [1.807, 2.05) is 10.5 Å². The molecule has 5 heteroatoms. The molecule has 88 valence electrons. The molecule has 0 fully saturated rings. The number of aryl methyl sites for hydroxylation is 1. The second kappa shape index (κ2) is 4.24. The number of hydrogen-bond donors (Lipinski definition) is 0. The summed E-state index contributed by atoms with van der Waals surface area (Å²) in [6.07, 6.45) is 2.79. The minimum absolute atomic E-state index is 0.607. The predicted molar refractivity (Wildman–Crippen MR) is 70.4 cm³/mol. The molecule has 0 aromatic carbocycles. The first-order chi connectivity index (χ1) is 8.81. The summed E-state index contributed by atoms with van der Waals surface area (Å²) < 4.78 is 1.86. The Morgan fingerprint density at radius 2 is 2.17 bits per heavy atom. The third-order valence-corrected chi connectivity index (χ3v) is 3.99. The van der Waals surface area contributed by atoms with Crippen LogP contribution < -0.4 is 0 Å². The Bertz CT molecular complexity index is 748. The molecule has 0 amide bonds. The average molecular weight is 254 g/mol. The van der Waals surface area contributed by atoms with Gasteiger partial charge in [-0.25, -0.2) is 0 Å². The lowest BCUT2D eigenvalue weighted by Gasteiger charge is -1.97. The molecule has 18 heavy (non-hydrogen) atoms. The van der Waals surface area contributed by atoms with Gasteiger partial charge < -0.3 is 0 Å². The van der Waals surface area contributed by atoms with Gasteiger partial charge in [0.05, 0.1) is 10.4 Å². The molecule has 0 saturated heterocycles. The molecular formula is C13H10N4S. The number of nitrogens with zero attached hydrogens (tertiary/aromatic N) is 4. The summed E-state index contributed by atoms with van der Waals surface area (Å²) in [6, 6.07) is 9.85. The van der Waals surface area contributed by atoms with Crippen LogP contribution in [0.2, 0.25) is 0 Å². The van der Waals surface area contributed by atoms with Crippen molar-refractivity contribution < 1.29 is 0 Å². The van der Waals surface area contributed by atoms with E-state index in [1.54, 1.807) is 23.6 Å². The number of thiophene rings is 1. The van der Waals surface area contributed by atoms with Crippen LogP contribution in [0.5, 0.6) is 0 Å². The minimum Gasteiger partial charge on any atom is -0.280 e. The number of rotatable bonds is 2. The van der Waals surface area contributed by atoms with Crippen molar-refractivity contribution in [2.45, 2.75) is 13.3 Å². The molecule has 3 aromatic heterocycles. The molecule has 0 aliphatic heterocycles. The lowest BCUT2D eigenvalue weighted by atomic mass is 10.3. The number of pyridine rings is 1. The fourth-order valence-corrected chi connectivity index (χ4v) is 2.74. The Morgan fingerprint density at radius 3 is 2.89 bits per heavy atom. The molecule has 0 aliphatic rings. The average Bonchev–Trinajstić information content (AvgIpc) is 3.03. The third-order valence-electron chi connectivity index (χ3n) is 2.76. The van der Waals surface area contributed by atoms with Gasteiger partial charge in [-0.3, -0.25) is 4.40 Å². The highest BCUT2D eigenvalue weighted by atomic mass is 32.1. The van der Waals surface area contributed by atoms with Crippen LogP contribution in [0.1, 0.15) is 17.4 Å². The van der Waals surface area contributed by atoms with E-state index in [0.717, 1.165) is 22.8 Å². The molecule has 0 unspecified atom stereocenters. The van der Waals surface area contributed by atoms with E-state index in [4.69, 9.17) is 5.26 Å². The van der Waals surface area contributed by atoms with Crippen molar-refractivity contribution in [2.75, 3.05) is 0 Å². The van der Waals surface area contributed by atoms with Gasteiger partial charge in [-0.15, -0.1) is 21.5 Å². The Hall–Kier alpha value is -2.19. The van der Waals surface area contributed by atoms with Crippen molar-refractivity contribution in [3.8, 4) is 16.8 Å². The van der Waals surface area contributed by atoms with Gasteiger partial charge in [0.25, 0.3) is 0 Å². The molecule has 0 N–H and O–H groups in total. The molecular weight excluding hydrogens is 244 g/mol. The normalized spacial score (nSPS) is 10.7. The van der Waals surface area contributed by atoms with Gasteiger partial charge in [-0.2, -0.15) is 5.26 Å². The molecule has 0 bridgehead atoms. The van der Waals surface area contributed by atoms with E-state index in [0.29, 0.717) is 5.56 Å². The molecule has 4 nitrogen and oxygen atoms in total. The van der Waals surface area contributed by atoms with Crippen molar-refractivity contribution in [2.24, 2.45) is 0 Å². The highest BCUT2D eigenvalue weighted by Gasteiger charge is 2.10. The molecule has 3 heterocycles. The summed E-state index contributed by atoms with van der Waals surface area (Å²) >= 11 is 1.71. The quantitative estimate of drug-likeness (QED) is 0.706. The Labute approximate surface area is 108 Å². The zero-order valence-electron chi connectivity index (χ0n) is 9.79. The van der Waals surface area contributed by atoms with Crippen molar-refractivity contribution >= 4 is 17.0 Å². The van der Waals surface area contributed by atoms with Crippen LogP contribution in [-0.2, 0) is 6.42 Å². The molecule has 0 spiro atoms. The summed E-state index contributed by atoms with van der Waals surface area (Å²) in [4.78, 5) is 2.40. The van der Waals surface area contributed by atoms with Gasteiger partial charge in [0.15, 0.2) is 11.5 Å². The predicted octanol–water partition coefficient (Wildman–Crippen LogP) is 2.89. The summed E-state index contributed by atoms with van der Waals surface area (Å²) in [5.41, 5.74) is 1.37. The Kier molecular flexibility index (Phi) is 2.58. The molecule has 0 radical (unpaired) electrons. The van der Waals surface area contributed by atoms with E-state index in [-0.39, 0.29) is 0 Å². The van der Waals surface area contributed by atoms with Crippen LogP contribution in [-0.4, -0.2) is 14.6 Å². The molecule has 3 aromatic rings. The first kappa shape index (κ1) is 10.9. The SMILES string of the molecule is CCc1ccc(-c2nnc3ccc(C#N)cn23)s1. The first-order valence-electron chi connectivity index (χ1n) is 5.66. The Morgan fingerprint density at radius 1 is 1.28 bits per heavy atom. The fourth-order valence-electron chi connectivity index (χ4n) is 1.81. The lowest BCUT2D eigenvalue weighted by Crippen LogP contribution is -1.88. The molecule has 0 saturated carbocycles. The zero-order chi connectivity index (χ0) is 12.5. The standard InChI is InChI=1S/C13H10N4S/c1-2-10-4-5-11(18-10)13-16-15-12-6-3-9(7-14)8-17(12)13/h3-6,8H,2H2,1H3. The van der Waals surface area contributed by atoms with Gasteiger partial charge >= 0.3 is 0 Å². The summed E-state index contributed by atoms with van der Waals surface area (Å²) in [6.45, 7) is 2.13. The molecule has 0 aliphatic carbocycles. The smallest absolute Gasteiger partial charge is 0.178 e. The van der Waals surface area contributed by atoms with Crippen LogP contribution in [0.4, 0.5) is 0 Å². The number of aromatic nitrogens is 3. The minimum atomic E-state index is 0.607. The summed E-state index contributed by atoms with van der Waals surface area (Å²) in [5.74, 6) is 0.798. The summed E-state index contributed by atoms with van der Waals surface area (Å²) in [7, 11) is 0. The van der Waals surface area contributed by atoms with E-state index in [1.165, 1.54) is 4.88 Å². The van der Waals surface area contributed by atoms with Gasteiger partial charge in [0.1, 0.15) is 6.07 Å². The van der Waals surface area contributed by atoms with Crippen molar-refractivity contribution in [1.82, 2.24) is 14.6 Å². The number of hydrogen-bond acceptors (Lipinski definition) is 4. The topological polar surface area (TPSA) is 54.0 Å². The maximum atomic E-state index is 8.94. The van der Waals surface area contributed by atoms with Crippen LogP contribution in [0.15, 0.2) is 30.5 Å². The highest BCUT2D eigenvalue weighted by molar-refractivity contribution is 7.15. The van der Waals surface area contributed by atoms with Gasteiger partial charge in [-0.05, 0) is 30.7 Å². The van der Waals surface area contributed by atoms with Crippen LogP contribution >= 0.6 is 11.3 Å². The second-order valence-electron chi connectivity index (χ2n) is 3.90. The van der Waals surface area contributed by atoms with Crippen molar-refractivity contribution in [3.05, 3.63) is 40.9 Å². The van der Waals surface area contributed by atoms with E-state index in [9.17, 15) is 0 Å². The van der Waals surface area contributed by atoms with Crippen molar-refractivity contribution in [3.63, 3.8) is 0 Å². The van der Waals surface area contributed by atoms with Crippen molar-refractivity contribution in [1.29, 1.82) is 5.26 Å². The van der Waals surface area contributed by atoms with Gasteiger partial charge in [-0.1, -0.05) is 6.92 Å². The zero-order valence-corrected chi connectivity index (χ0v) is 10.6.